The maximum absolute atomic E-state index is 14.2. The van der Waals surface area contributed by atoms with Crippen molar-refractivity contribution in [1.82, 2.24) is 5.32 Å². The lowest BCUT2D eigenvalue weighted by molar-refractivity contribution is 0.231. The second-order valence-electron chi connectivity index (χ2n) is 8.64. The van der Waals surface area contributed by atoms with Crippen LogP contribution >= 0.6 is 7.60 Å². The Morgan fingerprint density at radius 2 is 1.83 bits per heavy atom. The van der Waals surface area contributed by atoms with Crippen molar-refractivity contribution in [2.75, 3.05) is 19.3 Å². The summed E-state index contributed by atoms with van der Waals surface area (Å²) in [5, 5.41) is 3.21. The lowest BCUT2D eigenvalue weighted by Gasteiger charge is -2.14. The number of halogens is 1. The van der Waals surface area contributed by atoms with Gasteiger partial charge in [0.2, 0.25) is 0 Å². The summed E-state index contributed by atoms with van der Waals surface area (Å²) in [6, 6.07) is 12.8. The second-order valence-corrected chi connectivity index (χ2v) is 10.4. The molecular formula is C26H33FNO6P. The van der Waals surface area contributed by atoms with E-state index in [-0.39, 0.29) is 23.8 Å². The Morgan fingerprint density at radius 1 is 1.06 bits per heavy atom. The molecule has 0 spiro atoms. The summed E-state index contributed by atoms with van der Waals surface area (Å²) in [7, 11) is -3.96. The van der Waals surface area contributed by atoms with Crippen LogP contribution in [-0.4, -0.2) is 35.2 Å². The van der Waals surface area contributed by atoms with Crippen molar-refractivity contribution in [3.8, 4) is 22.6 Å². The zero-order chi connectivity index (χ0) is 25.3. The van der Waals surface area contributed by atoms with Gasteiger partial charge in [0, 0.05) is 17.7 Å². The summed E-state index contributed by atoms with van der Waals surface area (Å²) in [6.07, 6.45) is 4.85. The number of ether oxygens (including phenoxy) is 2. The summed E-state index contributed by atoms with van der Waals surface area (Å²) < 4.78 is 41.9. The van der Waals surface area contributed by atoms with E-state index in [0.717, 1.165) is 34.4 Å². The number of nitrogens with one attached hydrogen (secondary N) is 1. The number of aryl methyl sites for hydroxylation is 1. The van der Waals surface area contributed by atoms with Gasteiger partial charge in [-0.25, -0.2) is 4.39 Å². The molecule has 0 aliphatic carbocycles. The van der Waals surface area contributed by atoms with Crippen LogP contribution in [-0.2, 0) is 17.5 Å². The van der Waals surface area contributed by atoms with Crippen LogP contribution in [0, 0.1) is 5.82 Å². The van der Waals surface area contributed by atoms with Crippen LogP contribution in [0.4, 0.5) is 4.39 Å². The standard InChI is InChI=1S/C26H33FNO6P/c1-19(2)34-26-9-6-20(16-24(26)27)5-3-12-33-25-8-7-21(15-23(25)22-10-13-32-18-22)17-28-11-4-14-35(29,30)31/h6-10,13,15-16,18-19,28H,3-5,11-12,14,17H2,1-2H3,(H2,29,30,31). The van der Waals surface area contributed by atoms with Gasteiger partial charge in [0.05, 0.1) is 31.4 Å². The number of furan rings is 1. The predicted molar refractivity (Wildman–Crippen MR) is 133 cm³/mol. The molecule has 0 fully saturated rings. The first-order valence-corrected chi connectivity index (χ1v) is 13.5. The minimum absolute atomic E-state index is 0.0804. The Hall–Kier alpha value is -2.64. The monoisotopic (exact) mass is 505 g/mol. The molecule has 7 nitrogen and oxygen atoms in total. The zero-order valence-electron chi connectivity index (χ0n) is 20.1. The van der Waals surface area contributed by atoms with Crippen molar-refractivity contribution in [1.29, 1.82) is 0 Å². The highest BCUT2D eigenvalue weighted by molar-refractivity contribution is 7.51. The molecule has 0 aliphatic rings. The van der Waals surface area contributed by atoms with E-state index >= 15 is 0 Å². The van der Waals surface area contributed by atoms with Crippen LogP contribution in [0.3, 0.4) is 0 Å². The van der Waals surface area contributed by atoms with E-state index in [9.17, 15) is 8.96 Å². The Labute approximate surface area is 205 Å². The van der Waals surface area contributed by atoms with Crippen molar-refractivity contribution < 1.29 is 32.6 Å². The molecule has 3 aromatic rings. The average Bonchev–Trinajstić information content (AvgIpc) is 3.32. The third kappa shape index (κ3) is 9.15. The van der Waals surface area contributed by atoms with E-state index in [1.165, 1.54) is 6.07 Å². The lowest BCUT2D eigenvalue weighted by atomic mass is 10.0. The molecule has 0 bridgehead atoms. The van der Waals surface area contributed by atoms with Gasteiger partial charge in [-0.05, 0) is 81.1 Å². The maximum atomic E-state index is 14.2. The lowest BCUT2D eigenvalue weighted by Crippen LogP contribution is -2.16. The van der Waals surface area contributed by atoms with Gasteiger partial charge < -0.3 is 29.0 Å². The number of hydrogen-bond acceptors (Lipinski definition) is 5. The van der Waals surface area contributed by atoms with Gasteiger partial charge in [0.25, 0.3) is 0 Å². The van der Waals surface area contributed by atoms with Gasteiger partial charge in [-0.2, -0.15) is 0 Å². The van der Waals surface area contributed by atoms with Crippen LogP contribution in [0.2, 0.25) is 0 Å². The molecule has 3 rings (SSSR count). The van der Waals surface area contributed by atoms with Gasteiger partial charge in [-0.15, -0.1) is 0 Å². The fourth-order valence-electron chi connectivity index (χ4n) is 3.61. The minimum atomic E-state index is -3.96. The van der Waals surface area contributed by atoms with E-state index in [4.69, 9.17) is 23.7 Å². The third-order valence-electron chi connectivity index (χ3n) is 5.23. The van der Waals surface area contributed by atoms with Crippen LogP contribution in [0.15, 0.2) is 59.4 Å². The van der Waals surface area contributed by atoms with Crippen molar-refractivity contribution >= 4 is 7.60 Å². The van der Waals surface area contributed by atoms with E-state index in [1.54, 1.807) is 18.6 Å². The number of hydrogen-bond donors (Lipinski definition) is 3. The molecule has 35 heavy (non-hydrogen) atoms. The summed E-state index contributed by atoms with van der Waals surface area (Å²) in [5.74, 6) is 0.634. The van der Waals surface area contributed by atoms with E-state index in [0.29, 0.717) is 32.5 Å². The topological polar surface area (TPSA) is 101 Å². The molecule has 0 saturated heterocycles. The first-order chi connectivity index (χ1) is 16.7. The van der Waals surface area contributed by atoms with Crippen LogP contribution in [0.1, 0.15) is 37.8 Å². The molecule has 0 aliphatic heterocycles. The smallest absolute Gasteiger partial charge is 0.325 e. The molecular weight excluding hydrogens is 472 g/mol. The van der Waals surface area contributed by atoms with E-state index in [1.807, 2.05) is 44.2 Å². The molecule has 2 aromatic carbocycles. The maximum Gasteiger partial charge on any atom is 0.325 e. The highest BCUT2D eigenvalue weighted by Crippen LogP contribution is 2.34. The molecule has 0 unspecified atom stereocenters. The van der Waals surface area contributed by atoms with Gasteiger partial charge >= 0.3 is 7.60 Å². The van der Waals surface area contributed by atoms with Crippen LogP contribution in [0.25, 0.3) is 11.1 Å². The van der Waals surface area contributed by atoms with Crippen molar-refractivity contribution in [3.05, 3.63) is 71.9 Å². The summed E-state index contributed by atoms with van der Waals surface area (Å²) in [5.41, 5.74) is 3.70. The number of benzene rings is 2. The SMILES string of the molecule is CC(C)Oc1ccc(CCCOc2ccc(CNCCCP(=O)(O)O)cc2-c2ccoc2)cc1F. The Bertz CT molecular complexity index is 1110. The Kier molecular flexibility index (Phi) is 9.93. The molecule has 1 aromatic heterocycles. The normalized spacial score (nSPS) is 11.7. The molecule has 9 heteroatoms. The first-order valence-electron chi connectivity index (χ1n) is 11.7. The summed E-state index contributed by atoms with van der Waals surface area (Å²) >= 11 is 0. The molecule has 0 amide bonds. The minimum Gasteiger partial charge on any atom is -0.493 e. The Balaban J connectivity index is 1.55. The number of rotatable bonds is 14. The molecule has 3 N–H and O–H groups in total. The van der Waals surface area contributed by atoms with E-state index < -0.39 is 7.60 Å². The highest BCUT2D eigenvalue weighted by Gasteiger charge is 2.12. The van der Waals surface area contributed by atoms with Gasteiger partial charge in [-0.1, -0.05) is 12.1 Å². The quantitative estimate of drug-likeness (QED) is 0.195. The first kappa shape index (κ1) is 27.0. The highest BCUT2D eigenvalue weighted by atomic mass is 31.2. The summed E-state index contributed by atoms with van der Waals surface area (Å²) in [4.78, 5) is 17.9. The third-order valence-corrected chi connectivity index (χ3v) is 6.13. The van der Waals surface area contributed by atoms with Gasteiger partial charge in [0.15, 0.2) is 11.6 Å². The molecule has 0 saturated carbocycles. The molecule has 0 atom stereocenters. The van der Waals surface area contributed by atoms with Crippen molar-refractivity contribution in [2.45, 2.75) is 45.8 Å². The fraction of sp³-hybridized carbons (Fsp3) is 0.385. The van der Waals surface area contributed by atoms with Gasteiger partial charge in [0.1, 0.15) is 5.75 Å². The van der Waals surface area contributed by atoms with E-state index in [2.05, 4.69) is 5.32 Å². The second kappa shape index (κ2) is 12.9. The fourth-order valence-corrected chi connectivity index (χ4v) is 4.18. The van der Waals surface area contributed by atoms with Crippen molar-refractivity contribution in [2.24, 2.45) is 0 Å². The zero-order valence-corrected chi connectivity index (χ0v) is 21.0. The molecule has 190 valence electrons. The van der Waals surface area contributed by atoms with Gasteiger partial charge in [-0.3, -0.25) is 4.57 Å². The molecule has 1 heterocycles. The summed E-state index contributed by atoms with van der Waals surface area (Å²) in [6.45, 7) is 5.27. The van der Waals surface area contributed by atoms with Crippen LogP contribution < -0.4 is 14.8 Å². The average molecular weight is 506 g/mol. The predicted octanol–water partition coefficient (Wildman–Crippen LogP) is 5.54. The largest absolute Gasteiger partial charge is 0.493 e. The van der Waals surface area contributed by atoms with Crippen molar-refractivity contribution in [3.63, 3.8) is 0 Å². The Morgan fingerprint density at radius 3 is 2.51 bits per heavy atom. The molecule has 0 radical (unpaired) electrons. The van der Waals surface area contributed by atoms with Crippen LogP contribution in [0.5, 0.6) is 11.5 Å².